The molecule has 0 bridgehead atoms. The second-order valence-corrected chi connectivity index (χ2v) is 6.45. The lowest BCUT2D eigenvalue weighted by molar-refractivity contribution is -0.113. The van der Waals surface area contributed by atoms with E-state index in [2.05, 4.69) is 5.32 Å². The quantitative estimate of drug-likeness (QED) is 0.914. The summed E-state index contributed by atoms with van der Waals surface area (Å²) < 4.78 is 22.5. The molecule has 6 heteroatoms. The van der Waals surface area contributed by atoms with Crippen LogP contribution in [-0.2, 0) is 14.6 Å². The van der Waals surface area contributed by atoms with Gasteiger partial charge in [-0.05, 0) is 24.6 Å². The van der Waals surface area contributed by atoms with Crippen molar-refractivity contribution in [2.75, 3.05) is 16.8 Å². The van der Waals surface area contributed by atoms with Crippen LogP contribution in [0.1, 0.15) is 12.5 Å². The van der Waals surface area contributed by atoms with Crippen LogP contribution >= 0.6 is 11.6 Å². The van der Waals surface area contributed by atoms with Gasteiger partial charge in [-0.2, -0.15) is 0 Å². The Bertz CT molecular complexity index is 526. The fourth-order valence-electron chi connectivity index (χ4n) is 1.17. The maximum absolute atomic E-state index is 11.4. The van der Waals surface area contributed by atoms with Gasteiger partial charge >= 0.3 is 0 Å². The number of rotatable bonds is 4. The Hall–Kier alpha value is -1.07. The molecule has 0 heterocycles. The molecule has 0 saturated heterocycles. The average molecular weight is 276 g/mol. The minimum absolute atomic E-state index is 0.0466. The highest BCUT2D eigenvalue weighted by Gasteiger charge is 2.14. The minimum Gasteiger partial charge on any atom is -0.325 e. The lowest BCUT2D eigenvalue weighted by Crippen LogP contribution is -2.23. The normalized spacial score (nSPS) is 11.2. The molecular weight excluding hydrogens is 262 g/mol. The first-order valence-corrected chi connectivity index (χ1v) is 7.30. The van der Waals surface area contributed by atoms with Gasteiger partial charge in [-0.1, -0.05) is 24.6 Å². The van der Waals surface area contributed by atoms with E-state index in [-0.39, 0.29) is 5.75 Å². The summed E-state index contributed by atoms with van der Waals surface area (Å²) in [5, 5.41) is 3.03. The summed E-state index contributed by atoms with van der Waals surface area (Å²) in [6.45, 7) is 3.35. The molecule has 94 valence electrons. The summed E-state index contributed by atoms with van der Waals surface area (Å²) in [4.78, 5) is 11.4. The molecule has 0 radical (unpaired) electrons. The molecule has 0 atom stereocenters. The molecule has 0 aliphatic carbocycles. The molecule has 0 aliphatic heterocycles. The molecule has 0 fully saturated rings. The van der Waals surface area contributed by atoms with E-state index in [4.69, 9.17) is 11.6 Å². The maximum Gasteiger partial charge on any atom is 0.239 e. The lowest BCUT2D eigenvalue weighted by atomic mass is 10.2. The number of hydrogen-bond acceptors (Lipinski definition) is 3. The molecule has 1 aromatic carbocycles. The van der Waals surface area contributed by atoms with Gasteiger partial charge < -0.3 is 5.32 Å². The van der Waals surface area contributed by atoms with Crippen LogP contribution in [0.2, 0.25) is 5.02 Å². The van der Waals surface area contributed by atoms with Gasteiger partial charge in [0.05, 0.1) is 0 Å². The van der Waals surface area contributed by atoms with Crippen LogP contribution in [0.25, 0.3) is 0 Å². The summed E-state index contributed by atoms with van der Waals surface area (Å²) >= 11 is 5.89. The molecular formula is C11H14ClNO3S. The number of nitrogens with one attached hydrogen (secondary N) is 1. The first-order valence-electron chi connectivity index (χ1n) is 5.10. The Morgan fingerprint density at radius 1 is 1.41 bits per heavy atom. The average Bonchev–Trinajstić information content (AvgIpc) is 2.23. The fraction of sp³-hybridized carbons (Fsp3) is 0.364. The van der Waals surface area contributed by atoms with Gasteiger partial charge in [-0.15, -0.1) is 0 Å². The molecule has 0 saturated carbocycles. The van der Waals surface area contributed by atoms with Crippen molar-refractivity contribution in [2.45, 2.75) is 13.8 Å². The number of anilines is 1. The van der Waals surface area contributed by atoms with Crippen molar-refractivity contribution in [1.29, 1.82) is 0 Å². The summed E-state index contributed by atoms with van der Waals surface area (Å²) in [7, 11) is -3.30. The summed E-state index contributed by atoms with van der Waals surface area (Å²) in [5.41, 5.74) is 1.39. The molecule has 4 nitrogen and oxygen atoms in total. The van der Waals surface area contributed by atoms with Crippen LogP contribution in [0, 0.1) is 6.92 Å². The van der Waals surface area contributed by atoms with Crippen LogP contribution in [0.5, 0.6) is 0 Å². The highest BCUT2D eigenvalue weighted by molar-refractivity contribution is 7.92. The van der Waals surface area contributed by atoms with Gasteiger partial charge in [0.1, 0.15) is 5.75 Å². The summed E-state index contributed by atoms with van der Waals surface area (Å²) in [5.74, 6) is -1.10. The van der Waals surface area contributed by atoms with E-state index in [9.17, 15) is 13.2 Å². The van der Waals surface area contributed by atoms with Crippen molar-refractivity contribution in [3.05, 3.63) is 28.8 Å². The van der Waals surface area contributed by atoms with Crippen LogP contribution < -0.4 is 5.32 Å². The predicted octanol–water partition coefficient (Wildman–Crippen LogP) is 2.02. The Balaban J connectivity index is 2.72. The van der Waals surface area contributed by atoms with Gasteiger partial charge in [-0.25, -0.2) is 8.42 Å². The van der Waals surface area contributed by atoms with Crippen molar-refractivity contribution in [2.24, 2.45) is 0 Å². The largest absolute Gasteiger partial charge is 0.325 e. The number of halogens is 1. The molecule has 1 N–H and O–H groups in total. The standard InChI is InChI=1S/C11H14ClNO3S/c1-3-17(15,16)7-11(14)13-9-5-4-8(2)10(12)6-9/h4-6H,3,7H2,1-2H3,(H,13,14). The molecule has 1 aromatic rings. The number of amides is 1. The van der Waals surface area contributed by atoms with Crippen LogP contribution in [0.15, 0.2) is 18.2 Å². The van der Waals surface area contributed by atoms with E-state index < -0.39 is 21.5 Å². The van der Waals surface area contributed by atoms with Gasteiger partial charge in [0.25, 0.3) is 0 Å². The van der Waals surface area contributed by atoms with Crippen molar-refractivity contribution in [1.82, 2.24) is 0 Å². The Morgan fingerprint density at radius 3 is 2.59 bits per heavy atom. The van der Waals surface area contributed by atoms with Gasteiger partial charge in [0.15, 0.2) is 9.84 Å². The first-order chi connectivity index (χ1) is 7.84. The van der Waals surface area contributed by atoms with E-state index in [1.807, 2.05) is 6.92 Å². The van der Waals surface area contributed by atoms with E-state index in [1.165, 1.54) is 6.92 Å². The van der Waals surface area contributed by atoms with Crippen molar-refractivity contribution in [3.8, 4) is 0 Å². The third kappa shape index (κ3) is 4.36. The maximum atomic E-state index is 11.4. The number of benzene rings is 1. The predicted molar refractivity (Wildman–Crippen MR) is 69.1 cm³/mol. The third-order valence-corrected chi connectivity index (χ3v) is 4.24. The number of hydrogen-bond donors (Lipinski definition) is 1. The van der Waals surface area contributed by atoms with E-state index >= 15 is 0 Å². The summed E-state index contributed by atoms with van der Waals surface area (Å²) in [6, 6.07) is 5.03. The fourth-order valence-corrected chi connectivity index (χ4v) is 2.03. The Labute approximate surface area is 106 Å². The molecule has 1 rings (SSSR count). The number of carbonyl (C=O) groups is 1. The van der Waals surface area contributed by atoms with E-state index in [0.717, 1.165) is 5.56 Å². The smallest absolute Gasteiger partial charge is 0.239 e. The van der Waals surface area contributed by atoms with E-state index in [0.29, 0.717) is 10.7 Å². The number of carbonyl (C=O) groups excluding carboxylic acids is 1. The second-order valence-electron chi connectivity index (χ2n) is 3.69. The van der Waals surface area contributed by atoms with Gasteiger partial charge in [0.2, 0.25) is 5.91 Å². The molecule has 0 unspecified atom stereocenters. The van der Waals surface area contributed by atoms with Crippen LogP contribution in [-0.4, -0.2) is 25.8 Å². The second kappa shape index (κ2) is 5.51. The van der Waals surface area contributed by atoms with Crippen molar-refractivity contribution < 1.29 is 13.2 Å². The van der Waals surface area contributed by atoms with Crippen molar-refractivity contribution >= 4 is 33.0 Å². The molecule has 1 amide bonds. The highest BCUT2D eigenvalue weighted by Crippen LogP contribution is 2.19. The van der Waals surface area contributed by atoms with Crippen LogP contribution in [0.3, 0.4) is 0 Å². The van der Waals surface area contributed by atoms with Gasteiger partial charge in [-0.3, -0.25) is 4.79 Å². The zero-order chi connectivity index (χ0) is 13.1. The molecule has 0 aliphatic rings. The zero-order valence-corrected chi connectivity index (χ0v) is 11.2. The Kier molecular flexibility index (Phi) is 4.54. The first kappa shape index (κ1) is 14.0. The van der Waals surface area contributed by atoms with Gasteiger partial charge in [0, 0.05) is 16.5 Å². The third-order valence-electron chi connectivity index (χ3n) is 2.25. The number of sulfone groups is 1. The van der Waals surface area contributed by atoms with Crippen LogP contribution in [0.4, 0.5) is 5.69 Å². The van der Waals surface area contributed by atoms with Crippen molar-refractivity contribution in [3.63, 3.8) is 0 Å². The minimum atomic E-state index is -3.30. The summed E-state index contributed by atoms with van der Waals surface area (Å²) in [6.07, 6.45) is 0. The lowest BCUT2D eigenvalue weighted by Gasteiger charge is -2.06. The molecule has 0 aromatic heterocycles. The monoisotopic (exact) mass is 275 g/mol. The SMILES string of the molecule is CCS(=O)(=O)CC(=O)Nc1ccc(C)c(Cl)c1. The number of aryl methyl sites for hydroxylation is 1. The Morgan fingerprint density at radius 2 is 2.06 bits per heavy atom. The molecule has 0 spiro atoms. The zero-order valence-electron chi connectivity index (χ0n) is 9.66. The molecule has 17 heavy (non-hydrogen) atoms. The van der Waals surface area contributed by atoms with E-state index in [1.54, 1.807) is 18.2 Å². The highest BCUT2D eigenvalue weighted by atomic mass is 35.5. The topological polar surface area (TPSA) is 63.2 Å².